The average Bonchev–Trinajstić information content (AvgIpc) is 3.14. The van der Waals surface area contributed by atoms with Crippen LogP contribution >= 0.6 is 11.6 Å². The molecule has 0 aromatic heterocycles. The summed E-state index contributed by atoms with van der Waals surface area (Å²) in [6, 6.07) is 6.54. The fraction of sp³-hybridized carbons (Fsp3) is 0.611. The molecule has 1 saturated carbocycles. The van der Waals surface area contributed by atoms with E-state index in [1.807, 2.05) is 11.8 Å². The number of benzene rings is 1. The van der Waals surface area contributed by atoms with Gasteiger partial charge in [-0.3, -0.25) is 9.69 Å². The molecule has 1 atom stereocenters. The normalized spacial score (nSPS) is 21.6. The number of carbonyl (C=O) groups is 1. The van der Waals surface area contributed by atoms with Gasteiger partial charge in [-0.25, -0.2) is 8.42 Å². The third-order valence-electron chi connectivity index (χ3n) is 5.36. The molecule has 144 valence electrons. The van der Waals surface area contributed by atoms with Gasteiger partial charge < -0.3 is 5.32 Å². The van der Waals surface area contributed by atoms with Gasteiger partial charge in [0, 0.05) is 32.2 Å². The van der Waals surface area contributed by atoms with Crippen LogP contribution in [0.2, 0.25) is 5.02 Å². The second kappa shape index (κ2) is 8.25. The molecule has 8 heteroatoms. The number of carbonyl (C=O) groups excluding carboxylic acids is 1. The summed E-state index contributed by atoms with van der Waals surface area (Å²) in [7, 11) is -3.61. The quantitative estimate of drug-likeness (QED) is 0.823. The van der Waals surface area contributed by atoms with Gasteiger partial charge in [0.2, 0.25) is 15.9 Å². The Balaban J connectivity index is 1.58. The van der Waals surface area contributed by atoms with Crippen LogP contribution in [0.25, 0.3) is 0 Å². The molecule has 0 radical (unpaired) electrons. The Morgan fingerprint density at radius 2 is 1.77 bits per heavy atom. The smallest absolute Gasteiger partial charge is 0.244 e. The van der Waals surface area contributed by atoms with E-state index >= 15 is 0 Å². The highest BCUT2D eigenvalue weighted by Crippen LogP contribution is 2.25. The highest BCUT2D eigenvalue weighted by Gasteiger charge is 2.33. The van der Waals surface area contributed by atoms with E-state index in [9.17, 15) is 13.2 Å². The molecule has 1 aromatic carbocycles. The van der Waals surface area contributed by atoms with Gasteiger partial charge in [-0.1, -0.05) is 36.6 Å². The Hall–Kier alpha value is -1.15. The van der Waals surface area contributed by atoms with Crippen molar-refractivity contribution in [2.24, 2.45) is 0 Å². The van der Waals surface area contributed by atoms with Crippen molar-refractivity contribution < 1.29 is 13.2 Å². The van der Waals surface area contributed by atoms with Crippen molar-refractivity contribution in [3.63, 3.8) is 0 Å². The minimum absolute atomic E-state index is 0.0410. The molecule has 2 aliphatic rings. The first-order valence-electron chi connectivity index (χ1n) is 9.18. The molecule has 0 unspecified atom stereocenters. The summed E-state index contributed by atoms with van der Waals surface area (Å²) in [5, 5.41) is 3.36. The summed E-state index contributed by atoms with van der Waals surface area (Å²) >= 11 is 6.06. The highest BCUT2D eigenvalue weighted by molar-refractivity contribution is 7.89. The van der Waals surface area contributed by atoms with Crippen molar-refractivity contribution in [3.8, 4) is 0 Å². The number of halogens is 1. The number of sulfonamides is 1. The first-order valence-corrected chi connectivity index (χ1v) is 11.0. The molecule has 0 spiro atoms. The fourth-order valence-electron chi connectivity index (χ4n) is 3.68. The molecule has 6 nitrogen and oxygen atoms in total. The van der Waals surface area contributed by atoms with Gasteiger partial charge in [-0.05, 0) is 31.9 Å². The summed E-state index contributed by atoms with van der Waals surface area (Å²) in [6.07, 6.45) is 4.47. The van der Waals surface area contributed by atoms with E-state index in [0.29, 0.717) is 32.2 Å². The second-order valence-corrected chi connectivity index (χ2v) is 9.35. The molecule has 1 heterocycles. The van der Waals surface area contributed by atoms with Crippen molar-refractivity contribution in [3.05, 3.63) is 29.3 Å². The van der Waals surface area contributed by atoms with Crippen LogP contribution < -0.4 is 5.32 Å². The van der Waals surface area contributed by atoms with Crippen LogP contribution in [0.1, 0.15) is 32.6 Å². The van der Waals surface area contributed by atoms with Gasteiger partial charge in [0.05, 0.1) is 11.1 Å². The van der Waals surface area contributed by atoms with Crippen LogP contribution in [0.5, 0.6) is 0 Å². The molecular formula is C18H26ClN3O3S. The number of hydrogen-bond donors (Lipinski definition) is 1. The maximum absolute atomic E-state index is 12.8. The highest BCUT2D eigenvalue weighted by atomic mass is 35.5. The predicted molar refractivity (Wildman–Crippen MR) is 102 cm³/mol. The molecule has 1 aromatic rings. The fourth-order valence-corrected chi connectivity index (χ4v) is 5.60. The Bertz CT molecular complexity index is 742. The van der Waals surface area contributed by atoms with E-state index in [1.54, 1.807) is 18.2 Å². The number of piperazine rings is 1. The summed E-state index contributed by atoms with van der Waals surface area (Å²) in [6.45, 7) is 3.66. The van der Waals surface area contributed by atoms with Gasteiger partial charge in [-0.15, -0.1) is 0 Å². The van der Waals surface area contributed by atoms with E-state index in [0.717, 1.165) is 12.8 Å². The Morgan fingerprint density at radius 3 is 2.38 bits per heavy atom. The molecule has 3 rings (SSSR count). The second-order valence-electron chi connectivity index (χ2n) is 7.04. The largest absolute Gasteiger partial charge is 0.352 e. The third kappa shape index (κ3) is 4.22. The lowest BCUT2D eigenvalue weighted by molar-refractivity contribution is -0.127. The lowest BCUT2D eigenvalue weighted by Gasteiger charge is -2.37. The van der Waals surface area contributed by atoms with Crippen molar-refractivity contribution >= 4 is 27.5 Å². The molecule has 26 heavy (non-hydrogen) atoms. The van der Waals surface area contributed by atoms with E-state index in [2.05, 4.69) is 5.32 Å². The Kier molecular flexibility index (Phi) is 6.22. The van der Waals surface area contributed by atoms with E-state index in [1.165, 1.54) is 23.2 Å². The molecule has 0 bridgehead atoms. The lowest BCUT2D eigenvalue weighted by Crippen LogP contribution is -2.55. The molecule has 2 fully saturated rings. The predicted octanol–water partition coefficient (Wildman–Crippen LogP) is 2.09. The van der Waals surface area contributed by atoms with Crippen molar-refractivity contribution in [2.45, 2.75) is 49.6 Å². The molecule has 1 amide bonds. The van der Waals surface area contributed by atoms with Crippen LogP contribution in [-0.4, -0.2) is 61.8 Å². The number of hydrogen-bond acceptors (Lipinski definition) is 4. The summed E-state index contributed by atoms with van der Waals surface area (Å²) in [5.74, 6) is 0.0410. The zero-order chi connectivity index (χ0) is 18.7. The number of rotatable bonds is 5. The molecule has 1 aliphatic carbocycles. The van der Waals surface area contributed by atoms with E-state index in [-0.39, 0.29) is 21.9 Å². The topological polar surface area (TPSA) is 69.7 Å². The summed E-state index contributed by atoms with van der Waals surface area (Å²) < 4.78 is 27.0. The van der Waals surface area contributed by atoms with Crippen molar-refractivity contribution in [2.75, 3.05) is 26.2 Å². The number of nitrogens with one attached hydrogen (secondary N) is 1. The Morgan fingerprint density at radius 1 is 1.15 bits per heavy atom. The first-order chi connectivity index (χ1) is 12.4. The number of nitrogens with zero attached hydrogens (tertiary/aromatic N) is 2. The molecule has 1 N–H and O–H groups in total. The lowest BCUT2D eigenvalue weighted by atomic mass is 10.2. The Labute approximate surface area is 160 Å². The van der Waals surface area contributed by atoms with Crippen molar-refractivity contribution in [1.82, 2.24) is 14.5 Å². The van der Waals surface area contributed by atoms with Crippen LogP contribution in [0.3, 0.4) is 0 Å². The van der Waals surface area contributed by atoms with Gasteiger partial charge in [0.25, 0.3) is 0 Å². The maximum atomic E-state index is 12.8. The van der Waals surface area contributed by atoms with Crippen LogP contribution in [0.4, 0.5) is 0 Å². The van der Waals surface area contributed by atoms with Crippen LogP contribution in [0.15, 0.2) is 29.2 Å². The maximum Gasteiger partial charge on any atom is 0.244 e. The van der Waals surface area contributed by atoms with Crippen LogP contribution in [0, 0.1) is 0 Å². The average molecular weight is 400 g/mol. The molecule has 1 aliphatic heterocycles. The third-order valence-corrected chi connectivity index (χ3v) is 7.75. The summed E-state index contributed by atoms with van der Waals surface area (Å²) in [4.78, 5) is 14.6. The van der Waals surface area contributed by atoms with E-state index < -0.39 is 10.0 Å². The SMILES string of the molecule is C[C@@H](C(=O)NC1CCCC1)N1CCN(S(=O)(=O)c2ccccc2Cl)CC1. The molecule has 1 saturated heterocycles. The van der Waals surface area contributed by atoms with E-state index in [4.69, 9.17) is 11.6 Å². The van der Waals surface area contributed by atoms with Crippen molar-refractivity contribution in [1.29, 1.82) is 0 Å². The van der Waals surface area contributed by atoms with Gasteiger partial charge in [0.1, 0.15) is 4.90 Å². The minimum Gasteiger partial charge on any atom is -0.352 e. The minimum atomic E-state index is -3.61. The van der Waals surface area contributed by atoms with Crippen LogP contribution in [-0.2, 0) is 14.8 Å². The zero-order valence-corrected chi connectivity index (χ0v) is 16.6. The standard InChI is InChI=1S/C18H26ClN3O3S/c1-14(18(23)20-15-6-2-3-7-15)21-10-12-22(13-11-21)26(24,25)17-9-5-4-8-16(17)19/h4-5,8-9,14-15H,2-3,6-7,10-13H2,1H3,(H,20,23)/t14-/m0/s1. The zero-order valence-electron chi connectivity index (χ0n) is 15.0. The summed E-state index contributed by atoms with van der Waals surface area (Å²) in [5.41, 5.74) is 0. The van der Waals surface area contributed by atoms with Gasteiger partial charge >= 0.3 is 0 Å². The number of amides is 1. The molecular weight excluding hydrogens is 374 g/mol. The van der Waals surface area contributed by atoms with Gasteiger partial charge in [0.15, 0.2) is 0 Å². The monoisotopic (exact) mass is 399 g/mol. The first kappa shape index (κ1) is 19.6. The van der Waals surface area contributed by atoms with Gasteiger partial charge in [-0.2, -0.15) is 4.31 Å².